The number of para-hydroxylation sites is 1. The summed E-state index contributed by atoms with van der Waals surface area (Å²) >= 11 is 0. The van der Waals surface area contributed by atoms with Gasteiger partial charge in [-0.3, -0.25) is 4.79 Å². The van der Waals surface area contributed by atoms with Crippen LogP contribution in [0.25, 0.3) is 10.9 Å². The maximum atomic E-state index is 12.6. The quantitative estimate of drug-likeness (QED) is 0.743. The molecule has 0 radical (unpaired) electrons. The summed E-state index contributed by atoms with van der Waals surface area (Å²) in [6, 6.07) is 21.4. The lowest BCUT2D eigenvalue weighted by atomic mass is 9.90. The summed E-state index contributed by atoms with van der Waals surface area (Å²) in [6.07, 6.45) is 0.749. The van der Waals surface area contributed by atoms with E-state index >= 15 is 0 Å². The molecule has 0 saturated heterocycles. The number of ether oxygens (including phenoxy) is 1. The molecule has 1 unspecified atom stereocenters. The van der Waals surface area contributed by atoms with Crippen molar-refractivity contribution in [2.45, 2.75) is 18.9 Å². The Morgan fingerprint density at radius 3 is 2.48 bits per heavy atom. The lowest BCUT2D eigenvalue weighted by Gasteiger charge is -2.32. The minimum Gasteiger partial charge on any atom is -0.372 e. The van der Waals surface area contributed by atoms with Gasteiger partial charge in [0.05, 0.1) is 12.1 Å². The second kappa shape index (κ2) is 7.45. The predicted octanol–water partition coefficient (Wildman–Crippen LogP) is 3.92. The standard InChI is InChI=1S/C21H22N2O2/c1-3-21(25-2,17-10-5-4-6-11-17)15-22-20(24)19-14-13-16-9-7-8-12-18(16)23-19/h4-14H,3,15H2,1-2H3,(H,22,24). The van der Waals surface area contributed by atoms with Crippen molar-refractivity contribution in [3.05, 3.63) is 78.0 Å². The van der Waals surface area contributed by atoms with Crippen LogP contribution in [-0.4, -0.2) is 24.5 Å². The summed E-state index contributed by atoms with van der Waals surface area (Å²) in [5.41, 5.74) is 1.72. The van der Waals surface area contributed by atoms with Crippen LogP contribution in [0.5, 0.6) is 0 Å². The zero-order valence-corrected chi connectivity index (χ0v) is 14.5. The minimum absolute atomic E-state index is 0.198. The number of pyridine rings is 1. The highest BCUT2D eigenvalue weighted by Gasteiger charge is 2.30. The summed E-state index contributed by atoms with van der Waals surface area (Å²) < 4.78 is 5.79. The van der Waals surface area contributed by atoms with Gasteiger partial charge in [0.1, 0.15) is 11.3 Å². The summed E-state index contributed by atoms with van der Waals surface area (Å²) in [5.74, 6) is -0.198. The average Bonchev–Trinajstić information content (AvgIpc) is 2.69. The fraction of sp³-hybridized carbons (Fsp3) is 0.238. The number of nitrogens with one attached hydrogen (secondary N) is 1. The van der Waals surface area contributed by atoms with E-state index < -0.39 is 5.60 Å². The number of aromatic nitrogens is 1. The van der Waals surface area contributed by atoms with E-state index in [2.05, 4.69) is 17.2 Å². The van der Waals surface area contributed by atoms with Gasteiger partial charge in [0, 0.05) is 12.5 Å². The van der Waals surface area contributed by atoms with Crippen molar-refractivity contribution in [2.24, 2.45) is 0 Å². The SMILES string of the molecule is CCC(CNC(=O)c1ccc2ccccc2n1)(OC)c1ccccc1. The molecule has 1 amide bonds. The number of amides is 1. The zero-order chi connectivity index (χ0) is 17.7. The van der Waals surface area contributed by atoms with Gasteiger partial charge in [-0.2, -0.15) is 0 Å². The first-order chi connectivity index (χ1) is 12.2. The van der Waals surface area contributed by atoms with Crippen LogP contribution in [0.2, 0.25) is 0 Å². The molecule has 25 heavy (non-hydrogen) atoms. The first-order valence-electron chi connectivity index (χ1n) is 8.43. The lowest BCUT2D eigenvalue weighted by Crippen LogP contribution is -2.42. The van der Waals surface area contributed by atoms with E-state index in [0.717, 1.165) is 22.9 Å². The lowest BCUT2D eigenvalue weighted by molar-refractivity contribution is -0.0164. The van der Waals surface area contributed by atoms with Crippen molar-refractivity contribution in [1.82, 2.24) is 10.3 Å². The summed E-state index contributed by atoms with van der Waals surface area (Å²) in [6.45, 7) is 2.44. The van der Waals surface area contributed by atoms with Crippen molar-refractivity contribution in [3.63, 3.8) is 0 Å². The van der Waals surface area contributed by atoms with Gasteiger partial charge in [-0.15, -0.1) is 0 Å². The topological polar surface area (TPSA) is 51.2 Å². The number of rotatable bonds is 6. The molecule has 0 saturated carbocycles. The Labute approximate surface area is 147 Å². The molecule has 0 aliphatic carbocycles. The smallest absolute Gasteiger partial charge is 0.270 e. The van der Waals surface area contributed by atoms with Crippen LogP contribution in [0.3, 0.4) is 0 Å². The van der Waals surface area contributed by atoms with Crippen molar-refractivity contribution in [1.29, 1.82) is 0 Å². The van der Waals surface area contributed by atoms with Crippen LogP contribution < -0.4 is 5.32 Å². The van der Waals surface area contributed by atoms with E-state index in [4.69, 9.17) is 4.74 Å². The van der Waals surface area contributed by atoms with Crippen molar-refractivity contribution in [3.8, 4) is 0 Å². The Morgan fingerprint density at radius 1 is 1.04 bits per heavy atom. The predicted molar refractivity (Wildman–Crippen MR) is 99.5 cm³/mol. The molecule has 4 nitrogen and oxygen atoms in total. The van der Waals surface area contributed by atoms with E-state index in [1.807, 2.05) is 60.7 Å². The Kier molecular flexibility index (Phi) is 5.10. The number of methoxy groups -OCH3 is 1. The Balaban J connectivity index is 1.79. The number of carbonyl (C=O) groups excluding carboxylic acids is 1. The molecule has 4 heteroatoms. The first kappa shape index (κ1) is 17.1. The van der Waals surface area contributed by atoms with E-state index in [0.29, 0.717) is 12.2 Å². The Morgan fingerprint density at radius 2 is 1.76 bits per heavy atom. The molecule has 1 N–H and O–H groups in total. The highest BCUT2D eigenvalue weighted by atomic mass is 16.5. The Hall–Kier alpha value is -2.72. The molecule has 1 aromatic heterocycles. The van der Waals surface area contributed by atoms with Gasteiger partial charge >= 0.3 is 0 Å². The third kappa shape index (κ3) is 3.54. The molecule has 1 atom stereocenters. The van der Waals surface area contributed by atoms with Crippen LogP contribution in [0.15, 0.2) is 66.7 Å². The molecule has 0 fully saturated rings. The molecular weight excluding hydrogens is 312 g/mol. The van der Waals surface area contributed by atoms with Gasteiger partial charge in [-0.05, 0) is 24.1 Å². The van der Waals surface area contributed by atoms with E-state index in [-0.39, 0.29) is 5.91 Å². The van der Waals surface area contributed by atoms with E-state index in [9.17, 15) is 4.79 Å². The van der Waals surface area contributed by atoms with Crippen LogP contribution in [0.1, 0.15) is 29.4 Å². The second-order valence-electron chi connectivity index (χ2n) is 5.99. The minimum atomic E-state index is -0.548. The van der Waals surface area contributed by atoms with Crippen molar-refractivity contribution >= 4 is 16.8 Å². The van der Waals surface area contributed by atoms with E-state index in [1.54, 1.807) is 13.2 Å². The second-order valence-corrected chi connectivity index (χ2v) is 5.99. The highest BCUT2D eigenvalue weighted by Crippen LogP contribution is 2.28. The fourth-order valence-corrected chi connectivity index (χ4v) is 3.01. The summed E-state index contributed by atoms with van der Waals surface area (Å²) in [4.78, 5) is 17.0. The Bertz CT molecular complexity index is 858. The molecule has 0 aliphatic rings. The summed E-state index contributed by atoms with van der Waals surface area (Å²) in [5, 5.41) is 4.00. The van der Waals surface area contributed by atoms with Gasteiger partial charge in [0.2, 0.25) is 0 Å². The monoisotopic (exact) mass is 334 g/mol. The number of fused-ring (bicyclic) bond motifs is 1. The number of nitrogens with zero attached hydrogens (tertiary/aromatic N) is 1. The van der Waals surface area contributed by atoms with Crippen molar-refractivity contribution < 1.29 is 9.53 Å². The third-order valence-corrected chi connectivity index (χ3v) is 4.63. The van der Waals surface area contributed by atoms with Gasteiger partial charge in [-0.1, -0.05) is 61.5 Å². The van der Waals surface area contributed by atoms with Crippen LogP contribution in [-0.2, 0) is 10.3 Å². The van der Waals surface area contributed by atoms with Gasteiger partial charge in [0.15, 0.2) is 0 Å². The third-order valence-electron chi connectivity index (χ3n) is 4.63. The van der Waals surface area contributed by atoms with Crippen LogP contribution in [0, 0.1) is 0 Å². The molecule has 0 bridgehead atoms. The number of hydrogen-bond acceptors (Lipinski definition) is 3. The average molecular weight is 334 g/mol. The molecule has 0 aliphatic heterocycles. The fourth-order valence-electron chi connectivity index (χ4n) is 3.01. The number of hydrogen-bond donors (Lipinski definition) is 1. The zero-order valence-electron chi connectivity index (χ0n) is 14.5. The van der Waals surface area contributed by atoms with Crippen LogP contribution in [0.4, 0.5) is 0 Å². The molecule has 3 rings (SSSR count). The van der Waals surface area contributed by atoms with Gasteiger partial charge in [0.25, 0.3) is 5.91 Å². The molecular formula is C21H22N2O2. The van der Waals surface area contributed by atoms with Crippen molar-refractivity contribution in [2.75, 3.05) is 13.7 Å². The molecule has 0 spiro atoms. The maximum Gasteiger partial charge on any atom is 0.270 e. The first-order valence-corrected chi connectivity index (χ1v) is 8.43. The highest BCUT2D eigenvalue weighted by molar-refractivity contribution is 5.94. The largest absolute Gasteiger partial charge is 0.372 e. The number of benzene rings is 2. The number of carbonyl (C=O) groups is 1. The summed E-state index contributed by atoms with van der Waals surface area (Å²) in [7, 11) is 1.68. The van der Waals surface area contributed by atoms with Gasteiger partial charge in [-0.25, -0.2) is 4.98 Å². The molecule has 128 valence electrons. The molecule has 3 aromatic rings. The normalized spacial score (nSPS) is 13.4. The molecule has 2 aromatic carbocycles. The van der Waals surface area contributed by atoms with Crippen LogP contribution >= 0.6 is 0 Å². The van der Waals surface area contributed by atoms with E-state index in [1.165, 1.54) is 0 Å². The van der Waals surface area contributed by atoms with Gasteiger partial charge < -0.3 is 10.1 Å². The molecule has 1 heterocycles. The maximum absolute atomic E-state index is 12.6.